The van der Waals surface area contributed by atoms with Crippen LogP contribution in [-0.2, 0) is 6.42 Å². The number of hydrogen-bond acceptors (Lipinski definition) is 5. The molecular formula is C13H15BrN4O. The molecule has 3 N–H and O–H groups in total. The van der Waals surface area contributed by atoms with Gasteiger partial charge in [0.25, 0.3) is 0 Å². The number of ether oxygens (including phenoxy) is 1. The van der Waals surface area contributed by atoms with Crippen LogP contribution in [-0.4, -0.2) is 9.97 Å². The van der Waals surface area contributed by atoms with Crippen LogP contribution in [0.25, 0.3) is 0 Å². The van der Waals surface area contributed by atoms with Crippen LogP contribution in [0.2, 0.25) is 0 Å². The van der Waals surface area contributed by atoms with E-state index in [9.17, 15) is 0 Å². The van der Waals surface area contributed by atoms with Crippen LogP contribution in [0, 0.1) is 0 Å². The molecule has 5 nitrogen and oxygen atoms in total. The van der Waals surface area contributed by atoms with Crippen molar-refractivity contribution < 1.29 is 4.74 Å². The zero-order valence-corrected chi connectivity index (χ0v) is 12.1. The van der Waals surface area contributed by atoms with Gasteiger partial charge in [-0.15, -0.1) is 0 Å². The molecule has 0 radical (unpaired) electrons. The third-order valence-electron chi connectivity index (χ3n) is 2.59. The molecule has 2 rings (SSSR count). The highest BCUT2D eigenvalue weighted by atomic mass is 79.9. The van der Waals surface area contributed by atoms with Gasteiger partial charge >= 0.3 is 0 Å². The first-order valence-corrected chi connectivity index (χ1v) is 6.78. The number of hydrogen-bond donors (Lipinski definition) is 2. The molecule has 100 valence electrons. The molecule has 0 aliphatic heterocycles. The van der Waals surface area contributed by atoms with Gasteiger partial charge in [0.15, 0.2) is 0 Å². The van der Waals surface area contributed by atoms with E-state index in [1.807, 2.05) is 24.3 Å². The number of halogens is 1. The predicted molar refractivity (Wildman–Crippen MR) is 78.1 cm³/mol. The van der Waals surface area contributed by atoms with E-state index in [0.29, 0.717) is 17.4 Å². The number of para-hydroxylation sites is 1. The fourth-order valence-electron chi connectivity index (χ4n) is 1.72. The maximum atomic E-state index is 5.84. The lowest BCUT2D eigenvalue weighted by molar-refractivity contribution is 0.451. The normalized spacial score (nSPS) is 10.3. The molecule has 0 unspecified atom stereocenters. The summed E-state index contributed by atoms with van der Waals surface area (Å²) in [5, 5.41) is 0. The van der Waals surface area contributed by atoms with Crippen LogP contribution in [0.1, 0.15) is 18.9 Å². The fraction of sp³-hybridized carbons (Fsp3) is 0.231. The molecule has 0 fully saturated rings. The average molecular weight is 323 g/mol. The van der Waals surface area contributed by atoms with E-state index >= 15 is 0 Å². The number of rotatable bonds is 5. The smallest absolute Gasteiger partial charge is 0.227 e. The molecule has 0 bridgehead atoms. The summed E-state index contributed by atoms with van der Waals surface area (Å²) in [6.45, 7) is 2.08. The second kappa shape index (κ2) is 6.49. The number of aromatic nitrogens is 2. The molecule has 19 heavy (non-hydrogen) atoms. The van der Waals surface area contributed by atoms with Crippen molar-refractivity contribution in [2.75, 3.05) is 5.43 Å². The highest BCUT2D eigenvalue weighted by molar-refractivity contribution is 9.10. The van der Waals surface area contributed by atoms with E-state index in [-0.39, 0.29) is 0 Å². The Labute approximate surface area is 120 Å². The summed E-state index contributed by atoms with van der Waals surface area (Å²) >= 11 is 3.44. The van der Waals surface area contributed by atoms with Crippen LogP contribution >= 0.6 is 15.9 Å². The van der Waals surface area contributed by atoms with Gasteiger partial charge in [0.2, 0.25) is 5.88 Å². The molecule has 0 saturated carbocycles. The molecule has 6 heteroatoms. The van der Waals surface area contributed by atoms with E-state index in [4.69, 9.17) is 10.6 Å². The SMILES string of the molecule is CCCc1c(NN)ncnc1Oc1ccccc1Br. The number of anilines is 1. The lowest BCUT2D eigenvalue weighted by Crippen LogP contribution is -2.12. The minimum absolute atomic E-state index is 0.525. The summed E-state index contributed by atoms with van der Waals surface area (Å²) in [4.78, 5) is 8.29. The Morgan fingerprint density at radius 1 is 1.32 bits per heavy atom. The standard InChI is InChI=1S/C13H15BrN4O/c1-2-5-9-12(18-15)16-8-17-13(9)19-11-7-4-3-6-10(11)14/h3-4,6-8H,2,5,15H2,1H3,(H,16,17,18). The van der Waals surface area contributed by atoms with Gasteiger partial charge in [-0.25, -0.2) is 15.8 Å². The molecule has 0 amide bonds. The van der Waals surface area contributed by atoms with Crippen LogP contribution in [0.15, 0.2) is 35.1 Å². The zero-order chi connectivity index (χ0) is 13.7. The molecule has 1 aromatic carbocycles. The van der Waals surface area contributed by atoms with Crippen molar-refractivity contribution in [1.29, 1.82) is 0 Å². The van der Waals surface area contributed by atoms with Crippen molar-refractivity contribution in [2.45, 2.75) is 19.8 Å². The number of nitrogens with one attached hydrogen (secondary N) is 1. The Morgan fingerprint density at radius 2 is 2.11 bits per heavy atom. The molecule has 0 atom stereocenters. The summed E-state index contributed by atoms with van der Waals surface area (Å²) in [6, 6.07) is 7.62. The van der Waals surface area contributed by atoms with E-state index in [1.54, 1.807) is 0 Å². The monoisotopic (exact) mass is 322 g/mol. The van der Waals surface area contributed by atoms with Crippen LogP contribution in [0.3, 0.4) is 0 Å². The highest BCUT2D eigenvalue weighted by Gasteiger charge is 2.13. The summed E-state index contributed by atoms with van der Waals surface area (Å²) in [5.74, 6) is 7.30. The van der Waals surface area contributed by atoms with Gasteiger partial charge in [0, 0.05) is 0 Å². The van der Waals surface area contributed by atoms with E-state index < -0.39 is 0 Å². The fourth-order valence-corrected chi connectivity index (χ4v) is 2.08. The average Bonchev–Trinajstić information content (AvgIpc) is 2.43. The highest BCUT2D eigenvalue weighted by Crippen LogP contribution is 2.32. The first kappa shape index (κ1) is 13.8. The second-order valence-electron chi connectivity index (χ2n) is 3.93. The van der Waals surface area contributed by atoms with Gasteiger partial charge in [-0.2, -0.15) is 0 Å². The Bertz CT molecular complexity index is 562. The summed E-state index contributed by atoms with van der Waals surface area (Å²) < 4.78 is 6.72. The number of nitrogens with two attached hydrogens (primary N) is 1. The summed E-state index contributed by atoms with van der Waals surface area (Å²) in [5.41, 5.74) is 3.46. The van der Waals surface area contributed by atoms with Gasteiger partial charge in [-0.1, -0.05) is 25.5 Å². The van der Waals surface area contributed by atoms with Crippen LogP contribution in [0.4, 0.5) is 5.82 Å². The van der Waals surface area contributed by atoms with E-state index in [0.717, 1.165) is 22.9 Å². The zero-order valence-electron chi connectivity index (χ0n) is 10.6. The first-order valence-electron chi connectivity index (χ1n) is 5.99. The lowest BCUT2D eigenvalue weighted by Gasteiger charge is -2.13. The number of nitrogen functional groups attached to an aromatic ring is 1. The summed E-state index contributed by atoms with van der Waals surface area (Å²) in [6.07, 6.45) is 3.18. The van der Waals surface area contributed by atoms with Gasteiger partial charge in [0.1, 0.15) is 17.9 Å². The van der Waals surface area contributed by atoms with Crippen LogP contribution < -0.4 is 16.0 Å². The molecule has 2 aromatic rings. The molecule has 0 aliphatic carbocycles. The van der Waals surface area contributed by atoms with Gasteiger partial charge in [-0.05, 0) is 34.5 Å². The second-order valence-corrected chi connectivity index (χ2v) is 4.79. The third kappa shape index (κ3) is 3.21. The Hall–Kier alpha value is -1.66. The van der Waals surface area contributed by atoms with Crippen molar-refractivity contribution in [3.05, 3.63) is 40.6 Å². The van der Waals surface area contributed by atoms with Crippen LogP contribution in [0.5, 0.6) is 11.6 Å². The number of hydrazine groups is 1. The number of benzene rings is 1. The molecule has 1 heterocycles. The molecule has 0 saturated heterocycles. The Morgan fingerprint density at radius 3 is 2.79 bits per heavy atom. The van der Waals surface area contributed by atoms with Crippen molar-refractivity contribution in [1.82, 2.24) is 9.97 Å². The molecule has 0 aliphatic rings. The van der Waals surface area contributed by atoms with E-state index in [2.05, 4.69) is 38.2 Å². The lowest BCUT2D eigenvalue weighted by atomic mass is 10.2. The maximum Gasteiger partial charge on any atom is 0.227 e. The van der Waals surface area contributed by atoms with Gasteiger partial charge < -0.3 is 10.2 Å². The Kier molecular flexibility index (Phi) is 4.70. The minimum atomic E-state index is 0.525. The third-order valence-corrected chi connectivity index (χ3v) is 3.24. The van der Waals surface area contributed by atoms with Crippen molar-refractivity contribution >= 4 is 21.7 Å². The quantitative estimate of drug-likeness (QED) is 0.653. The maximum absolute atomic E-state index is 5.84. The first-order chi connectivity index (χ1) is 9.26. The summed E-state index contributed by atoms with van der Waals surface area (Å²) in [7, 11) is 0. The van der Waals surface area contributed by atoms with E-state index in [1.165, 1.54) is 6.33 Å². The van der Waals surface area contributed by atoms with Crippen molar-refractivity contribution in [3.8, 4) is 11.6 Å². The molecule has 0 spiro atoms. The topological polar surface area (TPSA) is 73.1 Å². The molecular weight excluding hydrogens is 308 g/mol. The largest absolute Gasteiger partial charge is 0.437 e. The van der Waals surface area contributed by atoms with Crippen molar-refractivity contribution in [2.24, 2.45) is 5.84 Å². The van der Waals surface area contributed by atoms with Gasteiger partial charge in [0.05, 0.1) is 10.0 Å². The predicted octanol–water partition coefficient (Wildman–Crippen LogP) is 3.27. The number of nitrogens with zero attached hydrogens (tertiary/aromatic N) is 2. The Balaban J connectivity index is 2.37. The van der Waals surface area contributed by atoms with Gasteiger partial charge in [-0.3, -0.25) is 0 Å². The van der Waals surface area contributed by atoms with Crippen molar-refractivity contribution in [3.63, 3.8) is 0 Å². The molecule has 1 aromatic heterocycles. The minimum Gasteiger partial charge on any atom is -0.437 e.